The molecule has 0 amide bonds. The van der Waals surface area contributed by atoms with Crippen molar-refractivity contribution in [3.8, 4) is 11.5 Å². The van der Waals surface area contributed by atoms with E-state index in [0.29, 0.717) is 0 Å². The minimum Gasteiger partial charge on any atom is -0.490 e. The van der Waals surface area contributed by atoms with E-state index in [9.17, 15) is 16.8 Å². The minimum atomic E-state index is -3.98. The van der Waals surface area contributed by atoms with Crippen molar-refractivity contribution in [2.45, 2.75) is 16.2 Å². The van der Waals surface area contributed by atoms with Crippen LogP contribution in [0.1, 0.15) is 6.42 Å². The second-order valence-corrected chi connectivity index (χ2v) is 11.6. The predicted octanol–water partition coefficient (Wildman–Crippen LogP) is 2.44. The third-order valence-electron chi connectivity index (χ3n) is 4.67. The summed E-state index contributed by atoms with van der Waals surface area (Å²) in [6.07, 6.45) is 0.174. The Hall–Kier alpha value is -1.64. The highest BCUT2D eigenvalue weighted by molar-refractivity contribution is 7.90. The second kappa shape index (κ2) is 13.1. The summed E-state index contributed by atoms with van der Waals surface area (Å²) in [6.45, 7) is 1.16. The average Bonchev–Trinajstić information content (AvgIpc) is 2.80. The molecular weight excluding hydrogens is 543 g/mol. The first-order valence-electron chi connectivity index (χ1n) is 10.7. The van der Waals surface area contributed by atoms with Crippen molar-refractivity contribution in [1.82, 2.24) is 9.44 Å². The molecule has 1 aliphatic heterocycles. The Morgan fingerprint density at radius 3 is 1.46 bits per heavy atom. The van der Waals surface area contributed by atoms with Crippen molar-refractivity contribution >= 4 is 43.2 Å². The molecule has 0 spiro atoms. The number of benzene rings is 2. The van der Waals surface area contributed by atoms with Gasteiger partial charge in [0.05, 0.1) is 26.4 Å². The molecule has 0 aromatic heterocycles. The van der Waals surface area contributed by atoms with E-state index in [1.54, 1.807) is 0 Å². The van der Waals surface area contributed by atoms with Crippen LogP contribution in [-0.2, 0) is 29.5 Å². The highest BCUT2D eigenvalue weighted by Gasteiger charge is 2.22. The number of fused-ring (bicyclic) bond motifs is 2. The quantitative estimate of drug-likeness (QED) is 0.495. The molecule has 10 nitrogen and oxygen atoms in total. The first-order chi connectivity index (χ1) is 16.7. The molecule has 0 bridgehead atoms. The lowest BCUT2D eigenvalue weighted by Gasteiger charge is -2.14. The number of nitrogens with one attached hydrogen (secondary N) is 2. The Balaban J connectivity index is 1.75. The lowest BCUT2D eigenvalue weighted by molar-refractivity contribution is 0.0268. The van der Waals surface area contributed by atoms with E-state index < -0.39 is 20.0 Å². The summed E-state index contributed by atoms with van der Waals surface area (Å²) in [4.78, 5) is -0.249. The van der Waals surface area contributed by atoms with Gasteiger partial charge >= 0.3 is 0 Å². The van der Waals surface area contributed by atoms with Crippen LogP contribution in [0.15, 0.2) is 46.2 Å². The Morgan fingerprint density at radius 2 is 1.03 bits per heavy atom. The Bertz CT molecular complexity index is 1120. The van der Waals surface area contributed by atoms with E-state index in [4.69, 9.17) is 42.1 Å². The smallest absolute Gasteiger partial charge is 0.244 e. The molecule has 0 saturated heterocycles. The van der Waals surface area contributed by atoms with Gasteiger partial charge in [0.2, 0.25) is 20.0 Å². The summed E-state index contributed by atoms with van der Waals surface area (Å²) in [5.41, 5.74) is 0. The molecule has 3 rings (SSSR count). The fourth-order valence-corrected chi connectivity index (χ4v) is 5.98. The molecule has 2 aromatic carbocycles. The Morgan fingerprint density at radius 1 is 0.629 bits per heavy atom. The Labute approximate surface area is 214 Å². The summed E-state index contributed by atoms with van der Waals surface area (Å²) in [5.74, 6) is 0.248. The molecule has 1 aliphatic rings. The van der Waals surface area contributed by atoms with Gasteiger partial charge in [0, 0.05) is 23.1 Å². The molecular formula is C21H26Cl2N2O8S2. The van der Waals surface area contributed by atoms with Crippen LogP contribution in [0.3, 0.4) is 0 Å². The van der Waals surface area contributed by atoms with Crippen molar-refractivity contribution in [3.05, 3.63) is 46.4 Å². The lowest BCUT2D eigenvalue weighted by Crippen LogP contribution is -2.30. The molecule has 0 unspecified atom stereocenters. The van der Waals surface area contributed by atoms with Gasteiger partial charge in [0.1, 0.15) is 34.5 Å². The first-order valence-corrected chi connectivity index (χ1v) is 14.4. The lowest BCUT2D eigenvalue weighted by atomic mass is 10.3. The summed E-state index contributed by atoms with van der Waals surface area (Å²) in [6, 6.07) is 8.54. The van der Waals surface area contributed by atoms with E-state index in [1.165, 1.54) is 36.4 Å². The van der Waals surface area contributed by atoms with Crippen LogP contribution >= 0.6 is 23.2 Å². The van der Waals surface area contributed by atoms with Gasteiger partial charge in [-0.1, -0.05) is 23.2 Å². The van der Waals surface area contributed by atoms with Crippen LogP contribution in [0.5, 0.6) is 11.5 Å². The van der Waals surface area contributed by atoms with Crippen LogP contribution in [0, 0.1) is 0 Å². The van der Waals surface area contributed by atoms with Gasteiger partial charge in [-0.2, -0.15) is 0 Å². The van der Waals surface area contributed by atoms with Gasteiger partial charge in [-0.15, -0.1) is 0 Å². The molecule has 0 atom stereocenters. The zero-order valence-corrected chi connectivity index (χ0v) is 21.8. The number of hydrogen-bond acceptors (Lipinski definition) is 8. The van der Waals surface area contributed by atoms with Gasteiger partial charge in [-0.05, 0) is 42.8 Å². The van der Waals surface area contributed by atoms with Crippen molar-refractivity contribution < 1.29 is 35.8 Å². The number of rotatable bonds is 0. The van der Waals surface area contributed by atoms with E-state index in [1.807, 2.05) is 0 Å². The van der Waals surface area contributed by atoms with Crippen LogP contribution in [0.4, 0.5) is 0 Å². The third kappa shape index (κ3) is 8.46. The molecule has 2 N–H and O–H groups in total. The molecule has 1 heterocycles. The highest BCUT2D eigenvalue weighted by Crippen LogP contribution is 2.28. The molecule has 0 aliphatic carbocycles. The molecule has 2 aromatic rings. The van der Waals surface area contributed by atoms with E-state index >= 15 is 0 Å². The SMILES string of the molecule is O=S1(=O)NCCCNS(=O)(=O)c2cc(Cl)ccc2OCCOCCOCCOc2ccc(Cl)cc21. The maximum atomic E-state index is 12.8. The van der Waals surface area contributed by atoms with E-state index in [2.05, 4.69) is 9.44 Å². The van der Waals surface area contributed by atoms with E-state index in [-0.39, 0.29) is 90.5 Å². The fraction of sp³-hybridized carbons (Fsp3) is 0.429. The standard InChI is InChI=1S/C21H26Cl2N2O8S2/c22-16-2-4-18-20(14-16)34(26,27)24-6-1-7-25-35(28,29)21-15-17(23)3-5-19(21)33-13-11-31-9-8-30-10-12-32-18/h2-5,14-15,24-25H,1,6-13H2. The molecule has 35 heavy (non-hydrogen) atoms. The van der Waals surface area contributed by atoms with Gasteiger partial charge in [0.25, 0.3) is 0 Å². The maximum Gasteiger partial charge on any atom is 0.244 e. The van der Waals surface area contributed by atoms with Gasteiger partial charge in [-0.3, -0.25) is 0 Å². The topological polar surface area (TPSA) is 129 Å². The zero-order chi connectivity index (χ0) is 25.3. The van der Waals surface area contributed by atoms with Crippen molar-refractivity contribution in [1.29, 1.82) is 0 Å². The fourth-order valence-electron chi connectivity index (χ4n) is 3.02. The van der Waals surface area contributed by atoms with Crippen molar-refractivity contribution in [2.75, 3.05) is 52.7 Å². The first kappa shape index (κ1) is 27.9. The van der Waals surface area contributed by atoms with Gasteiger partial charge < -0.3 is 18.9 Å². The molecule has 14 heteroatoms. The normalized spacial score (nSPS) is 20.2. The number of sulfonamides is 2. The van der Waals surface area contributed by atoms with Crippen LogP contribution in [0.2, 0.25) is 10.0 Å². The predicted molar refractivity (Wildman–Crippen MR) is 131 cm³/mol. The van der Waals surface area contributed by atoms with Crippen molar-refractivity contribution in [3.63, 3.8) is 0 Å². The Kier molecular flexibility index (Phi) is 10.4. The van der Waals surface area contributed by atoms with Crippen molar-refractivity contribution in [2.24, 2.45) is 0 Å². The molecule has 0 radical (unpaired) electrons. The molecule has 0 fully saturated rings. The highest BCUT2D eigenvalue weighted by atomic mass is 35.5. The van der Waals surface area contributed by atoms with E-state index in [0.717, 1.165) is 0 Å². The summed E-state index contributed by atoms with van der Waals surface area (Å²) >= 11 is 12.0. The van der Waals surface area contributed by atoms with Gasteiger partial charge in [-0.25, -0.2) is 26.3 Å². The number of hydrogen-bond donors (Lipinski definition) is 2. The van der Waals surface area contributed by atoms with Gasteiger partial charge in [0.15, 0.2) is 0 Å². The summed E-state index contributed by atoms with van der Waals surface area (Å²) in [7, 11) is -7.95. The summed E-state index contributed by atoms with van der Waals surface area (Å²) in [5, 5.41) is 0.452. The molecule has 194 valence electrons. The average molecular weight is 569 g/mol. The largest absolute Gasteiger partial charge is 0.490 e. The van der Waals surface area contributed by atoms with Crippen LogP contribution in [0.25, 0.3) is 0 Å². The maximum absolute atomic E-state index is 12.8. The summed E-state index contributed by atoms with van der Waals surface area (Å²) < 4.78 is 78.2. The van der Waals surface area contributed by atoms with Crippen LogP contribution in [-0.4, -0.2) is 69.6 Å². The third-order valence-corrected chi connectivity index (χ3v) is 8.11. The zero-order valence-electron chi connectivity index (χ0n) is 18.7. The van der Waals surface area contributed by atoms with Crippen LogP contribution < -0.4 is 18.9 Å². The minimum absolute atomic E-state index is 0.0316. The monoisotopic (exact) mass is 568 g/mol. The molecule has 0 saturated carbocycles. The second-order valence-electron chi connectivity index (χ2n) is 7.25. The number of ether oxygens (including phenoxy) is 4. The number of halogens is 2.